The molecular weight excluding hydrogens is 458 g/mol. The minimum absolute atomic E-state index is 0.000604. The van der Waals surface area contributed by atoms with Crippen molar-refractivity contribution in [3.8, 4) is 0 Å². The summed E-state index contributed by atoms with van der Waals surface area (Å²) in [7, 11) is -3.75. The number of hydrogen-bond donors (Lipinski definition) is 2. The van der Waals surface area contributed by atoms with E-state index in [9.17, 15) is 22.8 Å². The van der Waals surface area contributed by atoms with Gasteiger partial charge in [-0.2, -0.15) is 4.31 Å². The normalized spacial score (nSPS) is 12.2. The van der Waals surface area contributed by atoms with Gasteiger partial charge < -0.3 is 15.4 Å². The molecule has 0 spiro atoms. The highest BCUT2D eigenvalue weighted by Gasteiger charge is 2.24. The Morgan fingerprint density at radius 1 is 1.00 bits per heavy atom. The number of benzene rings is 2. The Hall–Kier alpha value is -3.24. The van der Waals surface area contributed by atoms with Crippen molar-refractivity contribution in [2.24, 2.45) is 0 Å². The molecule has 184 valence electrons. The Bertz CT molecular complexity index is 1140. The fourth-order valence-corrected chi connectivity index (χ4v) is 4.79. The number of nitrogens with one attached hydrogen (secondary N) is 2. The summed E-state index contributed by atoms with van der Waals surface area (Å²) < 4.78 is 31.8. The topological polar surface area (TPSA) is 122 Å². The van der Waals surface area contributed by atoms with Crippen molar-refractivity contribution < 1.29 is 27.5 Å². The van der Waals surface area contributed by atoms with Gasteiger partial charge in [-0.3, -0.25) is 9.59 Å². The number of carbonyl (C=O) groups excluding carboxylic acids is 3. The Labute approximate surface area is 200 Å². The fourth-order valence-electron chi connectivity index (χ4n) is 3.28. The van der Waals surface area contributed by atoms with Crippen LogP contribution < -0.4 is 10.6 Å². The molecule has 10 heteroatoms. The van der Waals surface area contributed by atoms with Crippen LogP contribution in [0.2, 0.25) is 0 Å². The van der Waals surface area contributed by atoms with Crippen molar-refractivity contribution in [2.75, 3.05) is 25.0 Å². The molecule has 2 N–H and O–H groups in total. The van der Waals surface area contributed by atoms with Crippen molar-refractivity contribution in [3.05, 3.63) is 59.2 Å². The monoisotopic (exact) mass is 489 g/mol. The first-order valence-electron chi connectivity index (χ1n) is 11.0. The van der Waals surface area contributed by atoms with Gasteiger partial charge in [-0.1, -0.05) is 38.1 Å². The van der Waals surface area contributed by atoms with Crippen LogP contribution in [0.3, 0.4) is 0 Å². The molecule has 9 nitrogen and oxygen atoms in total. The van der Waals surface area contributed by atoms with Crippen LogP contribution in [0, 0.1) is 13.8 Å². The van der Waals surface area contributed by atoms with Crippen LogP contribution in [0.1, 0.15) is 42.3 Å². The number of hydrogen-bond acceptors (Lipinski definition) is 6. The Kier molecular flexibility index (Phi) is 9.34. The van der Waals surface area contributed by atoms with Gasteiger partial charge in [0, 0.05) is 18.8 Å². The molecule has 2 aromatic carbocycles. The zero-order valence-corrected chi connectivity index (χ0v) is 20.9. The first kappa shape index (κ1) is 27.0. The van der Waals surface area contributed by atoms with Crippen LogP contribution in [0.15, 0.2) is 47.4 Å². The summed E-state index contributed by atoms with van der Waals surface area (Å²) in [5, 5.41) is 5.19. The van der Waals surface area contributed by atoms with Gasteiger partial charge in [0.15, 0.2) is 6.10 Å². The van der Waals surface area contributed by atoms with Gasteiger partial charge in [0.2, 0.25) is 15.9 Å². The predicted octanol–water partition coefficient (Wildman–Crippen LogP) is 2.63. The summed E-state index contributed by atoms with van der Waals surface area (Å²) in [6, 6.07) is 11.1. The number of ether oxygens (including phenoxy) is 1. The van der Waals surface area contributed by atoms with Crippen LogP contribution in [-0.4, -0.2) is 56.2 Å². The second-order valence-corrected chi connectivity index (χ2v) is 9.64. The van der Waals surface area contributed by atoms with Gasteiger partial charge >= 0.3 is 5.97 Å². The molecule has 0 fully saturated rings. The summed E-state index contributed by atoms with van der Waals surface area (Å²) in [6.07, 6.45) is -1.19. The average molecular weight is 490 g/mol. The van der Waals surface area contributed by atoms with Gasteiger partial charge in [0.25, 0.3) is 5.91 Å². The first-order valence-corrected chi connectivity index (χ1v) is 12.4. The third-order valence-corrected chi connectivity index (χ3v) is 7.28. The summed E-state index contributed by atoms with van der Waals surface area (Å²) in [5.74, 6) is -1.92. The van der Waals surface area contributed by atoms with Crippen molar-refractivity contribution >= 4 is 33.5 Å². The van der Waals surface area contributed by atoms with E-state index in [2.05, 4.69) is 10.6 Å². The third-order valence-electron chi connectivity index (χ3n) is 5.23. The zero-order valence-electron chi connectivity index (χ0n) is 20.0. The maximum absolute atomic E-state index is 12.7. The molecule has 0 bridgehead atoms. The number of amides is 2. The number of anilines is 1. The molecular formula is C24H31N3O6S. The summed E-state index contributed by atoms with van der Waals surface area (Å²) in [4.78, 5) is 37.0. The Balaban J connectivity index is 1.98. The largest absolute Gasteiger partial charge is 0.449 e. The molecule has 0 aliphatic heterocycles. The number of aryl methyl sites for hydroxylation is 2. The predicted molar refractivity (Wildman–Crippen MR) is 129 cm³/mol. The SMILES string of the molecule is CCN(CC)S(=O)(=O)c1cccc(C(=O)OC(C)C(=O)NCC(=O)Nc2c(C)cccc2C)c1. The lowest BCUT2D eigenvalue weighted by atomic mass is 10.1. The van der Waals surface area contributed by atoms with E-state index in [0.717, 1.165) is 11.1 Å². The van der Waals surface area contributed by atoms with Gasteiger partial charge in [-0.15, -0.1) is 0 Å². The van der Waals surface area contributed by atoms with Gasteiger partial charge in [0.05, 0.1) is 17.0 Å². The molecule has 0 aliphatic carbocycles. The minimum Gasteiger partial charge on any atom is -0.449 e. The van der Waals surface area contributed by atoms with E-state index in [0.29, 0.717) is 18.8 Å². The van der Waals surface area contributed by atoms with Gasteiger partial charge in [-0.05, 0) is 50.1 Å². The molecule has 34 heavy (non-hydrogen) atoms. The van der Waals surface area contributed by atoms with E-state index in [1.54, 1.807) is 13.8 Å². The maximum atomic E-state index is 12.7. The first-order chi connectivity index (χ1) is 16.0. The number of rotatable bonds is 10. The fraction of sp³-hybridized carbons (Fsp3) is 0.375. The number of nitrogens with zero attached hydrogens (tertiary/aromatic N) is 1. The number of sulfonamides is 1. The second-order valence-electron chi connectivity index (χ2n) is 7.70. The molecule has 0 heterocycles. The summed E-state index contributed by atoms with van der Waals surface area (Å²) in [5.41, 5.74) is 2.47. The molecule has 2 aromatic rings. The lowest BCUT2D eigenvalue weighted by Gasteiger charge is -2.19. The molecule has 0 radical (unpaired) electrons. The highest BCUT2D eigenvalue weighted by Crippen LogP contribution is 2.19. The second kappa shape index (κ2) is 11.8. The smallest absolute Gasteiger partial charge is 0.338 e. The van der Waals surface area contributed by atoms with Crippen molar-refractivity contribution in [1.82, 2.24) is 9.62 Å². The van der Waals surface area contributed by atoms with Crippen molar-refractivity contribution in [3.63, 3.8) is 0 Å². The molecule has 0 saturated carbocycles. The van der Waals surface area contributed by atoms with Crippen molar-refractivity contribution in [1.29, 1.82) is 0 Å². The molecule has 0 aliphatic rings. The summed E-state index contributed by atoms with van der Waals surface area (Å²) in [6.45, 7) is 8.84. The quantitative estimate of drug-likeness (QED) is 0.495. The number of carbonyl (C=O) groups is 3. The minimum atomic E-state index is -3.75. The molecule has 2 rings (SSSR count). The van der Waals surface area contributed by atoms with Gasteiger partial charge in [0.1, 0.15) is 0 Å². The molecule has 0 aromatic heterocycles. The maximum Gasteiger partial charge on any atom is 0.338 e. The standard InChI is InChI=1S/C24H31N3O6S/c1-6-27(7-2)34(31,32)20-13-9-12-19(14-20)24(30)33-18(5)23(29)25-15-21(28)26-22-16(3)10-8-11-17(22)4/h8-14,18H,6-7,15H2,1-5H3,(H,25,29)(H,26,28). The average Bonchev–Trinajstić information content (AvgIpc) is 2.80. The van der Waals surface area contributed by atoms with Crippen LogP contribution in [0.4, 0.5) is 5.69 Å². The highest BCUT2D eigenvalue weighted by atomic mass is 32.2. The molecule has 1 atom stereocenters. The van der Waals surface area contributed by atoms with E-state index in [1.807, 2.05) is 32.0 Å². The number of para-hydroxylation sites is 1. The van der Waals surface area contributed by atoms with Crippen LogP contribution in [-0.2, 0) is 24.3 Å². The van der Waals surface area contributed by atoms with Crippen LogP contribution in [0.5, 0.6) is 0 Å². The summed E-state index contributed by atoms with van der Waals surface area (Å²) >= 11 is 0. The van der Waals surface area contributed by atoms with Crippen LogP contribution >= 0.6 is 0 Å². The van der Waals surface area contributed by atoms with E-state index in [-0.39, 0.29) is 17.0 Å². The highest BCUT2D eigenvalue weighted by molar-refractivity contribution is 7.89. The zero-order chi connectivity index (χ0) is 25.5. The molecule has 2 amide bonds. The Morgan fingerprint density at radius 2 is 1.59 bits per heavy atom. The number of esters is 1. The van der Waals surface area contributed by atoms with E-state index < -0.39 is 33.9 Å². The third kappa shape index (κ3) is 6.64. The van der Waals surface area contributed by atoms with Gasteiger partial charge in [-0.25, -0.2) is 13.2 Å². The Morgan fingerprint density at radius 3 is 2.18 bits per heavy atom. The lowest BCUT2D eigenvalue weighted by molar-refractivity contribution is -0.130. The molecule has 0 saturated heterocycles. The molecule has 1 unspecified atom stereocenters. The van der Waals surface area contributed by atoms with E-state index in [1.165, 1.54) is 35.5 Å². The van der Waals surface area contributed by atoms with E-state index in [4.69, 9.17) is 4.74 Å². The van der Waals surface area contributed by atoms with Crippen LogP contribution in [0.25, 0.3) is 0 Å². The lowest BCUT2D eigenvalue weighted by Crippen LogP contribution is -2.40. The van der Waals surface area contributed by atoms with E-state index >= 15 is 0 Å². The van der Waals surface area contributed by atoms with Crippen molar-refractivity contribution in [2.45, 2.75) is 45.6 Å².